The number of carbonyl (C=O) groups excluding carboxylic acids is 1. The molecule has 4 rings (SSSR count). The van der Waals surface area contributed by atoms with Crippen LogP contribution in [0.25, 0.3) is 11.3 Å². The summed E-state index contributed by atoms with van der Waals surface area (Å²) in [5.41, 5.74) is 2.84. The van der Waals surface area contributed by atoms with Crippen molar-refractivity contribution in [2.24, 2.45) is 0 Å². The number of piperazine rings is 1. The molecule has 1 atom stereocenters. The lowest BCUT2D eigenvalue weighted by Crippen LogP contribution is -2.43. The average Bonchev–Trinajstić information content (AvgIpc) is 3.29. The maximum Gasteiger partial charge on any atom is 0.268 e. The normalized spacial score (nSPS) is 15.1. The number of anilines is 1. The summed E-state index contributed by atoms with van der Waals surface area (Å²) < 4.78 is 0. The summed E-state index contributed by atoms with van der Waals surface area (Å²) in [7, 11) is 0. The topological polar surface area (TPSA) is 106 Å². The van der Waals surface area contributed by atoms with E-state index in [-0.39, 0.29) is 12.5 Å². The van der Waals surface area contributed by atoms with Crippen molar-refractivity contribution >= 4 is 11.7 Å². The van der Waals surface area contributed by atoms with Gasteiger partial charge in [-0.15, -0.1) is 0 Å². The zero-order chi connectivity index (χ0) is 20.1. The number of aliphatic hydroxyl groups excluding tert-OH is 1. The van der Waals surface area contributed by atoms with Gasteiger partial charge in [-0.3, -0.25) is 4.79 Å². The number of aromatic amines is 1. The first-order valence-electron chi connectivity index (χ1n) is 9.68. The molecule has 0 spiro atoms. The Balaban J connectivity index is 1.48. The second kappa shape index (κ2) is 8.85. The Morgan fingerprint density at radius 1 is 1.17 bits per heavy atom. The van der Waals surface area contributed by atoms with Crippen LogP contribution in [-0.2, 0) is 0 Å². The average molecular weight is 392 g/mol. The molecule has 150 valence electrons. The Morgan fingerprint density at radius 2 is 1.97 bits per heavy atom. The molecule has 0 saturated carbocycles. The molecule has 1 amide bonds. The molecule has 8 nitrogen and oxygen atoms in total. The first kappa shape index (κ1) is 19.1. The van der Waals surface area contributed by atoms with Crippen molar-refractivity contribution in [1.29, 1.82) is 0 Å². The van der Waals surface area contributed by atoms with E-state index in [2.05, 4.69) is 30.5 Å². The lowest BCUT2D eigenvalue weighted by Gasteiger charge is -2.28. The minimum absolute atomic E-state index is 0.177. The summed E-state index contributed by atoms with van der Waals surface area (Å²) >= 11 is 0. The highest BCUT2D eigenvalue weighted by atomic mass is 16.3. The number of nitrogens with one attached hydrogen (secondary N) is 3. The second-order valence-corrected chi connectivity index (χ2v) is 6.92. The Bertz CT molecular complexity index is 953. The number of hydrogen-bond acceptors (Lipinski definition) is 6. The number of carbonyl (C=O) groups is 1. The predicted octanol–water partition coefficient (Wildman–Crippen LogP) is 1.34. The number of nitrogens with zero attached hydrogens (tertiary/aromatic N) is 3. The lowest BCUT2D eigenvalue weighted by atomic mass is 10.1. The smallest absolute Gasteiger partial charge is 0.268 e. The van der Waals surface area contributed by atoms with E-state index in [0.717, 1.165) is 48.8 Å². The standard InChI is InChI=1S/C21H24N6O2/c28-13-19(15-4-2-1-3-5-15)26-21(29)18-10-16(12-23-18)17-11-20(25-14-24-17)27-8-6-22-7-9-27/h1-5,10-12,14,19,22-23,28H,6-9,13H2,(H,26,29). The fourth-order valence-electron chi connectivity index (χ4n) is 3.40. The van der Waals surface area contributed by atoms with Gasteiger partial charge in [-0.25, -0.2) is 9.97 Å². The van der Waals surface area contributed by atoms with Crippen LogP contribution < -0.4 is 15.5 Å². The minimum atomic E-state index is -0.464. The predicted molar refractivity (Wildman–Crippen MR) is 111 cm³/mol. The van der Waals surface area contributed by atoms with Gasteiger partial charge in [0.15, 0.2) is 0 Å². The van der Waals surface area contributed by atoms with Crippen LogP contribution in [0, 0.1) is 0 Å². The molecule has 1 saturated heterocycles. The van der Waals surface area contributed by atoms with E-state index in [4.69, 9.17) is 0 Å². The van der Waals surface area contributed by atoms with Crippen LogP contribution in [0.15, 0.2) is 55.0 Å². The van der Waals surface area contributed by atoms with Crippen LogP contribution in [0.2, 0.25) is 0 Å². The summed E-state index contributed by atoms with van der Waals surface area (Å²) in [4.78, 5) is 26.6. The molecule has 0 radical (unpaired) electrons. The highest BCUT2D eigenvalue weighted by Gasteiger charge is 2.18. The molecule has 1 aliphatic heterocycles. The quantitative estimate of drug-likeness (QED) is 0.505. The number of aromatic nitrogens is 3. The number of aliphatic hydroxyl groups is 1. The summed E-state index contributed by atoms with van der Waals surface area (Å²) in [6.45, 7) is 3.49. The van der Waals surface area contributed by atoms with Crippen LogP contribution in [0.1, 0.15) is 22.1 Å². The SMILES string of the molecule is O=C(NC(CO)c1ccccc1)c1cc(-c2cc(N3CCNCC3)ncn2)c[nH]1. The third kappa shape index (κ3) is 4.44. The number of amides is 1. The van der Waals surface area contributed by atoms with E-state index in [9.17, 15) is 9.90 Å². The summed E-state index contributed by atoms with van der Waals surface area (Å²) in [6.07, 6.45) is 3.31. The van der Waals surface area contributed by atoms with Gasteiger partial charge >= 0.3 is 0 Å². The molecule has 0 bridgehead atoms. The fourth-order valence-corrected chi connectivity index (χ4v) is 3.40. The van der Waals surface area contributed by atoms with Crippen molar-refractivity contribution in [3.63, 3.8) is 0 Å². The lowest BCUT2D eigenvalue weighted by molar-refractivity contribution is 0.0912. The summed E-state index contributed by atoms with van der Waals surface area (Å²) in [5, 5.41) is 15.8. The van der Waals surface area contributed by atoms with Gasteiger partial charge in [-0.05, 0) is 11.6 Å². The molecule has 0 aliphatic carbocycles. The van der Waals surface area contributed by atoms with E-state index in [0.29, 0.717) is 5.69 Å². The maximum atomic E-state index is 12.6. The first-order chi connectivity index (χ1) is 14.2. The van der Waals surface area contributed by atoms with Crippen LogP contribution in [0.5, 0.6) is 0 Å². The molecular weight excluding hydrogens is 368 g/mol. The van der Waals surface area contributed by atoms with Crippen molar-refractivity contribution in [2.75, 3.05) is 37.7 Å². The van der Waals surface area contributed by atoms with Gasteiger partial charge in [0.05, 0.1) is 18.3 Å². The third-order valence-corrected chi connectivity index (χ3v) is 5.01. The number of hydrogen-bond donors (Lipinski definition) is 4. The zero-order valence-electron chi connectivity index (χ0n) is 16.0. The second-order valence-electron chi connectivity index (χ2n) is 6.92. The first-order valence-corrected chi connectivity index (χ1v) is 9.68. The summed E-state index contributed by atoms with van der Waals surface area (Å²) in [5.74, 6) is 0.601. The van der Waals surface area contributed by atoms with Gasteiger partial charge in [0.2, 0.25) is 0 Å². The molecule has 3 heterocycles. The van der Waals surface area contributed by atoms with Gasteiger partial charge < -0.3 is 25.6 Å². The van der Waals surface area contributed by atoms with Crippen molar-refractivity contribution < 1.29 is 9.90 Å². The van der Waals surface area contributed by atoms with Gasteiger partial charge in [0, 0.05) is 44.0 Å². The fraction of sp³-hybridized carbons (Fsp3) is 0.286. The monoisotopic (exact) mass is 392 g/mol. The Morgan fingerprint density at radius 3 is 2.72 bits per heavy atom. The molecule has 3 aromatic rings. The number of H-pyrrole nitrogens is 1. The molecule has 4 N–H and O–H groups in total. The van der Waals surface area contributed by atoms with Gasteiger partial charge in [0.25, 0.3) is 5.91 Å². The molecule has 1 unspecified atom stereocenters. The maximum absolute atomic E-state index is 12.6. The van der Waals surface area contributed by atoms with Crippen molar-refractivity contribution in [2.45, 2.75) is 6.04 Å². The Kier molecular flexibility index (Phi) is 5.83. The van der Waals surface area contributed by atoms with Crippen LogP contribution in [-0.4, -0.2) is 58.8 Å². The van der Waals surface area contributed by atoms with E-state index >= 15 is 0 Å². The zero-order valence-corrected chi connectivity index (χ0v) is 16.0. The highest BCUT2D eigenvalue weighted by molar-refractivity contribution is 5.94. The summed E-state index contributed by atoms with van der Waals surface area (Å²) in [6, 6.07) is 12.6. The minimum Gasteiger partial charge on any atom is -0.394 e. The van der Waals surface area contributed by atoms with Gasteiger partial charge in [-0.1, -0.05) is 30.3 Å². The van der Waals surface area contributed by atoms with E-state index < -0.39 is 6.04 Å². The number of rotatable bonds is 6. The third-order valence-electron chi connectivity index (χ3n) is 5.01. The van der Waals surface area contributed by atoms with E-state index in [1.807, 2.05) is 36.4 Å². The van der Waals surface area contributed by atoms with Crippen molar-refractivity contribution in [3.05, 3.63) is 66.2 Å². The molecule has 1 aromatic carbocycles. The molecular formula is C21H24N6O2. The molecule has 2 aromatic heterocycles. The Labute approximate surface area is 169 Å². The van der Waals surface area contributed by atoms with E-state index in [1.54, 1.807) is 18.6 Å². The molecule has 1 fully saturated rings. The van der Waals surface area contributed by atoms with Crippen molar-refractivity contribution in [1.82, 2.24) is 25.6 Å². The number of benzene rings is 1. The van der Waals surface area contributed by atoms with Gasteiger partial charge in [-0.2, -0.15) is 0 Å². The molecule has 1 aliphatic rings. The molecule has 8 heteroatoms. The van der Waals surface area contributed by atoms with Gasteiger partial charge in [0.1, 0.15) is 17.8 Å². The molecule has 29 heavy (non-hydrogen) atoms. The van der Waals surface area contributed by atoms with Crippen LogP contribution in [0.3, 0.4) is 0 Å². The highest BCUT2D eigenvalue weighted by Crippen LogP contribution is 2.22. The largest absolute Gasteiger partial charge is 0.394 e. The van der Waals surface area contributed by atoms with Crippen molar-refractivity contribution in [3.8, 4) is 11.3 Å². The van der Waals surface area contributed by atoms with E-state index in [1.165, 1.54) is 0 Å². The van der Waals surface area contributed by atoms with Crippen LogP contribution >= 0.6 is 0 Å². The Hall–Kier alpha value is -3.23. The van der Waals surface area contributed by atoms with Crippen LogP contribution in [0.4, 0.5) is 5.82 Å².